The Morgan fingerprint density at radius 1 is 0.241 bits per heavy atom. The predicted octanol–water partition coefficient (Wildman–Crippen LogP) is 12.7. The molecule has 0 spiro atoms. The molecule has 2 heterocycles. The Balaban J connectivity index is 1.11. The molecule has 8 aromatic carbocycles. The Hall–Kier alpha value is -7.30. The number of aromatic nitrogens is 4. The Bertz CT molecular complexity index is 2920. The molecule has 0 saturated heterocycles. The van der Waals surface area contributed by atoms with Crippen molar-refractivity contribution in [2.24, 2.45) is 0 Å². The van der Waals surface area contributed by atoms with Gasteiger partial charge in [0.05, 0.1) is 11.2 Å². The van der Waals surface area contributed by atoms with E-state index in [2.05, 4.69) is 127 Å². The van der Waals surface area contributed by atoms with Gasteiger partial charge in [-0.2, -0.15) is 0 Å². The Kier molecular flexibility index (Phi) is 7.77. The molecule has 0 saturated carbocycles. The molecule has 0 unspecified atom stereocenters. The van der Waals surface area contributed by atoms with Crippen molar-refractivity contribution in [1.82, 2.24) is 19.9 Å². The van der Waals surface area contributed by atoms with Gasteiger partial charge in [-0.1, -0.05) is 158 Å². The molecule has 0 aliphatic rings. The summed E-state index contributed by atoms with van der Waals surface area (Å²) in [6.07, 6.45) is 0. The molecule has 0 N–H and O–H groups in total. The van der Waals surface area contributed by atoms with Crippen LogP contribution in [-0.4, -0.2) is 19.9 Å². The lowest BCUT2D eigenvalue weighted by atomic mass is 9.93. The summed E-state index contributed by atoms with van der Waals surface area (Å²) < 4.78 is 0. The Labute approximate surface area is 313 Å². The standard InChI is InChI=1S/C50H32N4/c1-4-14-33(15-5-1)40-30-41(32-42(31-40)50-53-48(34-16-6-2-7-17-34)52-49(54-50)35-18-8-3-9-19-35)38-25-24-37-29-39(27-26-36(37)28-38)47-45-22-11-10-20-43(45)44-21-12-13-23-46(44)51-47/h1-32H. The van der Waals surface area contributed by atoms with Crippen LogP contribution in [0.5, 0.6) is 0 Å². The zero-order valence-electron chi connectivity index (χ0n) is 29.3. The fraction of sp³-hybridized carbons (Fsp3) is 0. The molecule has 4 heteroatoms. The van der Waals surface area contributed by atoms with Crippen LogP contribution < -0.4 is 0 Å². The minimum absolute atomic E-state index is 0.627. The van der Waals surface area contributed by atoms with Crippen LogP contribution in [0.3, 0.4) is 0 Å². The van der Waals surface area contributed by atoms with Crippen molar-refractivity contribution >= 4 is 32.4 Å². The van der Waals surface area contributed by atoms with E-state index in [1.807, 2.05) is 66.7 Å². The van der Waals surface area contributed by atoms with E-state index in [0.29, 0.717) is 17.5 Å². The molecule has 0 aliphatic heterocycles. The maximum absolute atomic E-state index is 5.16. The van der Waals surface area contributed by atoms with E-state index in [1.165, 1.54) is 10.8 Å². The summed E-state index contributed by atoms with van der Waals surface area (Å²) in [5, 5.41) is 5.86. The lowest BCUT2D eigenvalue weighted by Gasteiger charge is -2.13. The highest BCUT2D eigenvalue weighted by molar-refractivity contribution is 6.11. The molecule has 0 bridgehead atoms. The van der Waals surface area contributed by atoms with Crippen LogP contribution in [0.2, 0.25) is 0 Å². The summed E-state index contributed by atoms with van der Waals surface area (Å²) in [4.78, 5) is 20.2. The third kappa shape index (κ3) is 5.86. The lowest BCUT2D eigenvalue weighted by molar-refractivity contribution is 1.07. The first-order valence-electron chi connectivity index (χ1n) is 18.1. The quantitative estimate of drug-likeness (QED) is 0.163. The molecule has 10 rings (SSSR count). The number of hydrogen-bond acceptors (Lipinski definition) is 4. The maximum atomic E-state index is 5.16. The van der Waals surface area contributed by atoms with Crippen molar-refractivity contribution in [3.8, 4) is 67.7 Å². The van der Waals surface area contributed by atoms with Crippen molar-refractivity contribution < 1.29 is 0 Å². The van der Waals surface area contributed by atoms with Gasteiger partial charge >= 0.3 is 0 Å². The van der Waals surface area contributed by atoms with Gasteiger partial charge in [-0.05, 0) is 74.8 Å². The van der Waals surface area contributed by atoms with Crippen molar-refractivity contribution in [3.63, 3.8) is 0 Å². The maximum Gasteiger partial charge on any atom is 0.164 e. The van der Waals surface area contributed by atoms with Crippen molar-refractivity contribution in [2.75, 3.05) is 0 Å². The molecular formula is C50H32N4. The second-order valence-electron chi connectivity index (χ2n) is 13.5. The van der Waals surface area contributed by atoms with Gasteiger partial charge in [-0.15, -0.1) is 0 Å². The van der Waals surface area contributed by atoms with E-state index in [0.717, 1.165) is 71.9 Å². The Morgan fingerprint density at radius 3 is 1.31 bits per heavy atom. The minimum Gasteiger partial charge on any atom is -0.247 e. The van der Waals surface area contributed by atoms with Gasteiger partial charge in [0.1, 0.15) is 0 Å². The average molecular weight is 689 g/mol. The highest BCUT2D eigenvalue weighted by Crippen LogP contribution is 2.37. The lowest BCUT2D eigenvalue weighted by Crippen LogP contribution is -2.00. The zero-order valence-corrected chi connectivity index (χ0v) is 29.3. The SMILES string of the molecule is c1ccc(-c2cc(-c3ccc4cc(-c5nc6ccccc6c6ccccc56)ccc4c3)cc(-c3nc(-c4ccccc4)nc(-c4ccccc4)n3)c2)cc1. The number of rotatable bonds is 6. The number of fused-ring (bicyclic) bond motifs is 4. The third-order valence-corrected chi connectivity index (χ3v) is 10.1. The molecule has 0 fully saturated rings. The molecule has 2 aromatic heterocycles. The average Bonchev–Trinajstić information content (AvgIpc) is 3.26. The topological polar surface area (TPSA) is 51.6 Å². The van der Waals surface area contributed by atoms with Gasteiger partial charge < -0.3 is 0 Å². The molecule has 0 atom stereocenters. The second-order valence-corrected chi connectivity index (χ2v) is 13.5. The number of hydrogen-bond donors (Lipinski definition) is 0. The van der Waals surface area contributed by atoms with Crippen LogP contribution in [0, 0.1) is 0 Å². The molecule has 0 aliphatic carbocycles. The van der Waals surface area contributed by atoms with Crippen molar-refractivity contribution in [2.45, 2.75) is 0 Å². The minimum atomic E-state index is 0.627. The summed E-state index contributed by atoms with van der Waals surface area (Å²) >= 11 is 0. The highest BCUT2D eigenvalue weighted by atomic mass is 15.0. The summed E-state index contributed by atoms with van der Waals surface area (Å²) in [6, 6.07) is 67.7. The van der Waals surface area contributed by atoms with Gasteiger partial charge in [0.15, 0.2) is 17.5 Å². The fourth-order valence-corrected chi connectivity index (χ4v) is 7.36. The first-order valence-corrected chi connectivity index (χ1v) is 18.1. The smallest absolute Gasteiger partial charge is 0.164 e. The number of para-hydroxylation sites is 1. The van der Waals surface area contributed by atoms with Crippen molar-refractivity contribution in [3.05, 3.63) is 194 Å². The summed E-state index contributed by atoms with van der Waals surface area (Å²) in [7, 11) is 0. The predicted molar refractivity (Wildman–Crippen MR) is 223 cm³/mol. The third-order valence-electron chi connectivity index (χ3n) is 10.1. The van der Waals surface area contributed by atoms with E-state index in [1.54, 1.807) is 0 Å². The van der Waals surface area contributed by atoms with Gasteiger partial charge in [-0.3, -0.25) is 0 Å². The first-order chi connectivity index (χ1) is 26.7. The highest BCUT2D eigenvalue weighted by Gasteiger charge is 2.16. The zero-order chi connectivity index (χ0) is 35.8. The van der Waals surface area contributed by atoms with Crippen molar-refractivity contribution in [1.29, 1.82) is 0 Å². The Morgan fingerprint density at radius 2 is 0.685 bits per heavy atom. The summed E-state index contributed by atoms with van der Waals surface area (Å²) in [6.45, 7) is 0. The van der Waals surface area contributed by atoms with Gasteiger partial charge in [0.25, 0.3) is 0 Å². The van der Waals surface area contributed by atoms with Gasteiger partial charge in [0, 0.05) is 33.0 Å². The van der Waals surface area contributed by atoms with E-state index in [9.17, 15) is 0 Å². The summed E-state index contributed by atoms with van der Waals surface area (Å²) in [5.41, 5.74) is 10.3. The molecule has 252 valence electrons. The molecular weight excluding hydrogens is 657 g/mol. The molecule has 0 amide bonds. The van der Waals surface area contributed by atoms with E-state index in [-0.39, 0.29) is 0 Å². The van der Waals surface area contributed by atoms with E-state index < -0.39 is 0 Å². The van der Waals surface area contributed by atoms with Crippen LogP contribution >= 0.6 is 0 Å². The molecule has 0 radical (unpaired) electrons. The number of nitrogens with zero attached hydrogens (tertiary/aromatic N) is 4. The summed E-state index contributed by atoms with van der Waals surface area (Å²) in [5.74, 6) is 1.91. The normalized spacial score (nSPS) is 11.3. The number of pyridine rings is 1. The van der Waals surface area contributed by atoms with Crippen LogP contribution in [0.1, 0.15) is 0 Å². The van der Waals surface area contributed by atoms with Gasteiger partial charge in [0.2, 0.25) is 0 Å². The second kappa shape index (κ2) is 13.4. The van der Waals surface area contributed by atoms with Crippen LogP contribution in [-0.2, 0) is 0 Å². The monoisotopic (exact) mass is 688 g/mol. The molecule has 10 aromatic rings. The van der Waals surface area contributed by atoms with Crippen LogP contribution in [0.25, 0.3) is 100 Å². The molecule has 4 nitrogen and oxygen atoms in total. The fourth-order valence-electron chi connectivity index (χ4n) is 7.36. The largest absolute Gasteiger partial charge is 0.247 e. The van der Waals surface area contributed by atoms with Crippen LogP contribution in [0.4, 0.5) is 0 Å². The number of benzene rings is 8. The van der Waals surface area contributed by atoms with Gasteiger partial charge in [-0.25, -0.2) is 19.9 Å². The first kappa shape index (κ1) is 31.4. The van der Waals surface area contributed by atoms with E-state index >= 15 is 0 Å². The molecule has 54 heavy (non-hydrogen) atoms. The van der Waals surface area contributed by atoms with Crippen LogP contribution in [0.15, 0.2) is 194 Å². The van der Waals surface area contributed by atoms with E-state index in [4.69, 9.17) is 19.9 Å².